The minimum Gasteiger partial charge on any atom is -0.435 e. The molecule has 5 nitrogen and oxygen atoms in total. The number of ether oxygens (including phenoxy) is 1. The van der Waals surface area contributed by atoms with Crippen molar-refractivity contribution in [2.75, 3.05) is 26.7 Å². The van der Waals surface area contributed by atoms with Gasteiger partial charge in [0.15, 0.2) is 5.96 Å². The number of nitrogens with zero attached hydrogens (tertiary/aromatic N) is 2. The predicted octanol–water partition coefficient (Wildman–Crippen LogP) is 4.49. The molecule has 0 atom stereocenters. The van der Waals surface area contributed by atoms with Crippen LogP contribution in [-0.4, -0.2) is 49.3 Å². The minimum atomic E-state index is -2.82. The fraction of sp³-hybridized carbons (Fsp3) is 0.650. The second kappa shape index (κ2) is 13.9. The highest BCUT2D eigenvalue weighted by atomic mass is 127. The number of rotatable bonds is 11. The Hall–Kier alpha value is -1.16. The van der Waals surface area contributed by atoms with Crippen molar-refractivity contribution in [3.05, 3.63) is 29.8 Å². The summed E-state index contributed by atoms with van der Waals surface area (Å²) in [6.07, 6.45) is 2.66. The van der Waals surface area contributed by atoms with E-state index in [9.17, 15) is 13.9 Å². The lowest BCUT2D eigenvalue weighted by Gasteiger charge is -2.30. The van der Waals surface area contributed by atoms with Crippen molar-refractivity contribution >= 4 is 29.9 Å². The number of guanidine groups is 1. The van der Waals surface area contributed by atoms with Crippen molar-refractivity contribution in [3.8, 4) is 5.75 Å². The predicted molar refractivity (Wildman–Crippen MR) is 121 cm³/mol. The van der Waals surface area contributed by atoms with Gasteiger partial charge >= 0.3 is 6.61 Å². The molecule has 1 aromatic carbocycles. The summed E-state index contributed by atoms with van der Waals surface area (Å²) in [6, 6.07) is 6.62. The van der Waals surface area contributed by atoms with Crippen LogP contribution in [0.25, 0.3) is 0 Å². The Kier molecular flexibility index (Phi) is 13.3. The van der Waals surface area contributed by atoms with E-state index < -0.39 is 6.61 Å². The van der Waals surface area contributed by atoms with Crippen LogP contribution in [0.2, 0.25) is 0 Å². The molecule has 0 aliphatic heterocycles. The van der Waals surface area contributed by atoms with Crippen molar-refractivity contribution in [2.45, 2.75) is 53.2 Å². The van der Waals surface area contributed by atoms with E-state index in [0.29, 0.717) is 13.1 Å². The topological polar surface area (TPSA) is 57.1 Å². The summed E-state index contributed by atoms with van der Waals surface area (Å²) in [5.74, 6) is 0.936. The largest absolute Gasteiger partial charge is 0.435 e. The highest BCUT2D eigenvalue weighted by Gasteiger charge is 2.25. The third-order valence-corrected chi connectivity index (χ3v) is 4.97. The zero-order valence-electron chi connectivity index (χ0n) is 17.3. The van der Waals surface area contributed by atoms with E-state index in [4.69, 9.17) is 4.99 Å². The van der Waals surface area contributed by atoms with Crippen LogP contribution in [0, 0.1) is 5.41 Å². The third kappa shape index (κ3) is 8.89. The van der Waals surface area contributed by atoms with Gasteiger partial charge in [-0.25, -0.2) is 0 Å². The minimum absolute atomic E-state index is 0. The molecule has 0 aliphatic carbocycles. The van der Waals surface area contributed by atoms with Crippen molar-refractivity contribution in [1.29, 1.82) is 0 Å². The van der Waals surface area contributed by atoms with E-state index in [1.807, 2.05) is 18.9 Å². The average molecular weight is 513 g/mol. The molecule has 28 heavy (non-hydrogen) atoms. The van der Waals surface area contributed by atoms with Gasteiger partial charge in [-0.1, -0.05) is 26.0 Å². The third-order valence-electron chi connectivity index (χ3n) is 4.97. The molecular weight excluding hydrogens is 479 g/mol. The lowest BCUT2D eigenvalue weighted by atomic mass is 9.79. The summed E-state index contributed by atoms with van der Waals surface area (Å²) in [6.45, 7) is 5.61. The molecule has 1 aromatic rings. The maximum absolute atomic E-state index is 12.2. The molecule has 0 fully saturated rings. The number of aliphatic hydroxyl groups excluding tert-OH is 1. The number of aliphatic imine (C=N–C) groups is 1. The van der Waals surface area contributed by atoms with E-state index in [1.165, 1.54) is 0 Å². The first kappa shape index (κ1) is 26.8. The van der Waals surface area contributed by atoms with Crippen LogP contribution in [0.1, 0.15) is 45.6 Å². The Morgan fingerprint density at radius 2 is 1.82 bits per heavy atom. The number of hydrogen-bond acceptors (Lipinski definition) is 3. The van der Waals surface area contributed by atoms with Gasteiger partial charge in [0, 0.05) is 33.3 Å². The molecule has 1 rings (SSSR count). The number of nitrogens with one attached hydrogen (secondary N) is 1. The van der Waals surface area contributed by atoms with Crippen molar-refractivity contribution in [2.24, 2.45) is 10.4 Å². The zero-order valence-corrected chi connectivity index (χ0v) is 19.6. The van der Waals surface area contributed by atoms with Gasteiger partial charge in [-0.3, -0.25) is 4.99 Å². The fourth-order valence-electron chi connectivity index (χ4n) is 2.98. The fourth-order valence-corrected chi connectivity index (χ4v) is 2.98. The lowest BCUT2D eigenvalue weighted by molar-refractivity contribution is -0.0498. The summed E-state index contributed by atoms with van der Waals surface area (Å²) in [4.78, 5) is 6.80. The highest BCUT2D eigenvalue weighted by Crippen LogP contribution is 2.30. The number of halogens is 3. The van der Waals surface area contributed by atoms with Crippen molar-refractivity contribution < 1.29 is 18.6 Å². The van der Waals surface area contributed by atoms with Gasteiger partial charge in [0.1, 0.15) is 5.75 Å². The Labute approximate surface area is 184 Å². The molecule has 0 heterocycles. The van der Waals surface area contributed by atoms with Crippen molar-refractivity contribution in [3.63, 3.8) is 0 Å². The Bertz CT molecular complexity index is 567. The van der Waals surface area contributed by atoms with Crippen LogP contribution in [0.5, 0.6) is 5.75 Å². The van der Waals surface area contributed by atoms with E-state index in [-0.39, 0.29) is 41.7 Å². The van der Waals surface area contributed by atoms with Crippen LogP contribution in [0.4, 0.5) is 8.78 Å². The summed E-state index contributed by atoms with van der Waals surface area (Å²) in [7, 11) is 1.94. The first-order valence-corrected chi connectivity index (χ1v) is 9.53. The van der Waals surface area contributed by atoms with Crippen LogP contribution < -0.4 is 10.1 Å². The molecule has 0 saturated heterocycles. The normalized spacial score (nSPS) is 11.9. The van der Waals surface area contributed by atoms with Crippen LogP contribution in [0.15, 0.2) is 29.3 Å². The van der Waals surface area contributed by atoms with Gasteiger partial charge in [0.2, 0.25) is 0 Å². The molecule has 0 amide bonds. The van der Waals surface area contributed by atoms with Gasteiger partial charge in [-0.2, -0.15) is 8.78 Å². The molecule has 0 radical (unpaired) electrons. The van der Waals surface area contributed by atoms with Gasteiger partial charge in [0.25, 0.3) is 0 Å². The van der Waals surface area contributed by atoms with Gasteiger partial charge < -0.3 is 20.1 Å². The van der Waals surface area contributed by atoms with E-state index in [2.05, 4.69) is 23.9 Å². The summed E-state index contributed by atoms with van der Waals surface area (Å²) < 4.78 is 28.9. The van der Waals surface area contributed by atoms with Crippen LogP contribution in [0.3, 0.4) is 0 Å². The quantitative estimate of drug-likeness (QED) is 0.260. The lowest BCUT2D eigenvalue weighted by Crippen LogP contribution is -2.39. The van der Waals surface area contributed by atoms with Gasteiger partial charge in [-0.05, 0) is 49.3 Å². The Balaban J connectivity index is 0.00000729. The number of aliphatic hydroxyl groups is 1. The molecule has 0 bridgehead atoms. The molecule has 0 aliphatic rings. The van der Waals surface area contributed by atoms with Gasteiger partial charge in [0.05, 0.1) is 0 Å². The smallest absolute Gasteiger partial charge is 0.387 e. The molecular formula is C20H34F2IN3O2. The molecule has 2 N–H and O–H groups in total. The maximum atomic E-state index is 12.2. The Morgan fingerprint density at radius 3 is 2.29 bits per heavy atom. The average Bonchev–Trinajstić information content (AvgIpc) is 2.65. The molecule has 0 saturated carbocycles. The van der Waals surface area contributed by atoms with Gasteiger partial charge in [-0.15, -0.1) is 24.0 Å². The molecule has 162 valence electrons. The van der Waals surface area contributed by atoms with Crippen molar-refractivity contribution in [1.82, 2.24) is 10.2 Å². The zero-order chi connectivity index (χ0) is 20.3. The van der Waals surface area contributed by atoms with E-state index in [0.717, 1.165) is 37.3 Å². The van der Waals surface area contributed by atoms with Crippen LogP contribution in [-0.2, 0) is 6.54 Å². The van der Waals surface area contributed by atoms with Crippen LogP contribution >= 0.6 is 24.0 Å². The van der Waals surface area contributed by atoms with E-state index >= 15 is 0 Å². The first-order valence-electron chi connectivity index (χ1n) is 9.53. The highest BCUT2D eigenvalue weighted by molar-refractivity contribution is 14.0. The Morgan fingerprint density at radius 1 is 1.21 bits per heavy atom. The SMILES string of the molecule is CCNC(=NCC(CC)(CC)CCO)N(C)Cc1ccc(OC(F)F)cc1.I. The first-order chi connectivity index (χ1) is 12.9. The standard InChI is InChI=1S/C20H33F2N3O2.HI/c1-5-20(6-2,12-13-26)15-24-19(23-7-3)25(4)14-16-8-10-17(11-9-16)27-18(21)22;/h8-11,18,26H,5-7,12-15H2,1-4H3,(H,23,24);1H. The maximum Gasteiger partial charge on any atom is 0.387 e. The number of benzene rings is 1. The molecule has 0 unspecified atom stereocenters. The summed E-state index contributed by atoms with van der Waals surface area (Å²) in [5, 5.41) is 12.7. The molecule has 0 aromatic heterocycles. The molecule has 0 spiro atoms. The number of hydrogen-bond donors (Lipinski definition) is 2. The second-order valence-corrected chi connectivity index (χ2v) is 6.73. The van der Waals surface area contributed by atoms with E-state index in [1.54, 1.807) is 24.3 Å². The summed E-state index contributed by atoms with van der Waals surface area (Å²) in [5.41, 5.74) is 0.974. The summed E-state index contributed by atoms with van der Waals surface area (Å²) >= 11 is 0. The number of alkyl halides is 2. The monoisotopic (exact) mass is 513 g/mol. The second-order valence-electron chi connectivity index (χ2n) is 6.73. The molecule has 8 heteroatoms.